The summed E-state index contributed by atoms with van der Waals surface area (Å²) >= 11 is 0. The fourth-order valence-electron chi connectivity index (χ4n) is 2.65. The average Bonchev–Trinajstić information content (AvgIpc) is 2.93. The molecule has 6 nitrogen and oxygen atoms in total. The monoisotopic (exact) mass is 291 g/mol. The average molecular weight is 291 g/mol. The minimum atomic E-state index is -0.402. The van der Waals surface area contributed by atoms with E-state index in [1.807, 2.05) is 38.6 Å². The van der Waals surface area contributed by atoms with E-state index in [1.165, 1.54) is 0 Å². The smallest absolute Gasteiger partial charge is 0.399 e. The first-order valence-electron chi connectivity index (χ1n) is 7.45. The molecule has 0 aliphatic carbocycles. The van der Waals surface area contributed by atoms with Crippen LogP contribution in [0.3, 0.4) is 0 Å². The molecule has 7 heteroatoms. The van der Waals surface area contributed by atoms with Crippen molar-refractivity contribution in [2.24, 2.45) is 0 Å². The maximum absolute atomic E-state index is 11.5. The van der Waals surface area contributed by atoms with Crippen LogP contribution in [-0.2, 0) is 14.1 Å². The van der Waals surface area contributed by atoms with Gasteiger partial charge < -0.3 is 14.6 Å². The van der Waals surface area contributed by atoms with E-state index in [1.54, 1.807) is 6.20 Å². The van der Waals surface area contributed by atoms with Gasteiger partial charge >= 0.3 is 7.12 Å². The Morgan fingerprint density at radius 3 is 2.62 bits per heavy atom. The van der Waals surface area contributed by atoms with Gasteiger partial charge in [0.1, 0.15) is 0 Å². The lowest BCUT2D eigenvalue weighted by Crippen LogP contribution is -2.41. The summed E-state index contributed by atoms with van der Waals surface area (Å²) in [6.07, 6.45) is 5.08. The van der Waals surface area contributed by atoms with Crippen LogP contribution in [-0.4, -0.2) is 40.6 Å². The third kappa shape index (κ3) is 2.60. The fourth-order valence-corrected chi connectivity index (χ4v) is 2.65. The fraction of sp³-hybridized carbons (Fsp3) is 0.714. The van der Waals surface area contributed by atoms with Crippen LogP contribution < -0.4 is 10.8 Å². The SMILES string of the molecule is CC1(C)OB(c2cnn(C3CCNC(=O)C3)c2)OC1(C)C. The van der Waals surface area contributed by atoms with E-state index in [2.05, 4.69) is 10.4 Å². The summed E-state index contributed by atoms with van der Waals surface area (Å²) in [6.45, 7) is 8.83. The maximum Gasteiger partial charge on any atom is 0.498 e. The van der Waals surface area contributed by atoms with Gasteiger partial charge in [-0.15, -0.1) is 0 Å². The van der Waals surface area contributed by atoms with Crippen LogP contribution in [0.1, 0.15) is 46.6 Å². The summed E-state index contributed by atoms with van der Waals surface area (Å²) < 4.78 is 13.9. The molecule has 0 saturated carbocycles. The third-order valence-corrected chi connectivity index (χ3v) is 4.74. The van der Waals surface area contributed by atoms with E-state index in [4.69, 9.17) is 9.31 Å². The summed E-state index contributed by atoms with van der Waals surface area (Å²) in [5, 5.41) is 7.23. The minimum absolute atomic E-state index is 0.0823. The largest absolute Gasteiger partial charge is 0.498 e. The van der Waals surface area contributed by atoms with E-state index in [9.17, 15) is 4.79 Å². The molecule has 2 aliphatic rings. The highest BCUT2D eigenvalue weighted by atomic mass is 16.7. The Kier molecular flexibility index (Phi) is 3.37. The van der Waals surface area contributed by atoms with Crippen molar-refractivity contribution in [3.63, 3.8) is 0 Å². The second-order valence-corrected chi connectivity index (χ2v) is 6.84. The normalized spacial score (nSPS) is 27.7. The van der Waals surface area contributed by atoms with Gasteiger partial charge in [0.25, 0.3) is 0 Å². The van der Waals surface area contributed by atoms with Crippen molar-refractivity contribution in [3.05, 3.63) is 12.4 Å². The molecule has 2 saturated heterocycles. The van der Waals surface area contributed by atoms with Crippen LogP contribution in [0, 0.1) is 0 Å². The van der Waals surface area contributed by atoms with Crippen molar-refractivity contribution in [2.45, 2.75) is 57.8 Å². The first-order chi connectivity index (χ1) is 9.78. The molecule has 0 radical (unpaired) electrons. The number of amides is 1. The Hall–Kier alpha value is -1.34. The molecule has 3 heterocycles. The number of carbonyl (C=O) groups is 1. The predicted molar refractivity (Wildman–Crippen MR) is 79.2 cm³/mol. The number of nitrogens with zero attached hydrogens (tertiary/aromatic N) is 2. The van der Waals surface area contributed by atoms with Gasteiger partial charge in [0, 0.05) is 30.8 Å². The van der Waals surface area contributed by atoms with Gasteiger partial charge in [0.2, 0.25) is 5.91 Å². The Morgan fingerprint density at radius 2 is 2.00 bits per heavy atom. The van der Waals surface area contributed by atoms with Gasteiger partial charge in [0.05, 0.1) is 17.2 Å². The molecule has 1 aromatic heterocycles. The minimum Gasteiger partial charge on any atom is -0.399 e. The van der Waals surface area contributed by atoms with Gasteiger partial charge in [-0.3, -0.25) is 9.48 Å². The van der Waals surface area contributed by atoms with Crippen molar-refractivity contribution in [1.82, 2.24) is 15.1 Å². The van der Waals surface area contributed by atoms with Crippen molar-refractivity contribution < 1.29 is 14.1 Å². The summed E-state index contributed by atoms with van der Waals surface area (Å²) in [6, 6.07) is 0.120. The Morgan fingerprint density at radius 1 is 1.33 bits per heavy atom. The summed E-state index contributed by atoms with van der Waals surface area (Å²) in [5.41, 5.74) is 0.189. The molecule has 1 aromatic rings. The number of hydrogen-bond donors (Lipinski definition) is 1. The van der Waals surface area contributed by atoms with Crippen LogP contribution in [0.15, 0.2) is 12.4 Å². The quantitative estimate of drug-likeness (QED) is 0.812. The molecule has 1 amide bonds. The topological polar surface area (TPSA) is 65.4 Å². The lowest BCUT2D eigenvalue weighted by Gasteiger charge is -2.32. The van der Waals surface area contributed by atoms with Crippen LogP contribution >= 0.6 is 0 Å². The Bertz CT molecular complexity index is 539. The molecule has 0 aromatic carbocycles. The summed E-state index contributed by atoms with van der Waals surface area (Å²) in [4.78, 5) is 11.5. The predicted octanol–water partition coefficient (Wildman–Crippen LogP) is 0.633. The standard InChI is InChI=1S/C14H22BN3O3/c1-13(2)14(3,4)21-15(20-13)10-8-17-18(9-10)11-5-6-16-12(19)7-11/h8-9,11H,5-7H2,1-4H3,(H,16,19). The van der Waals surface area contributed by atoms with Gasteiger partial charge in [-0.25, -0.2) is 0 Å². The molecule has 2 fully saturated rings. The molecule has 2 aliphatic heterocycles. The van der Waals surface area contributed by atoms with Gasteiger partial charge in [0.15, 0.2) is 0 Å². The van der Waals surface area contributed by atoms with Crippen LogP contribution in [0.2, 0.25) is 0 Å². The number of aromatic nitrogens is 2. The zero-order chi connectivity index (χ0) is 15.3. The van der Waals surface area contributed by atoms with E-state index >= 15 is 0 Å². The molecule has 3 rings (SSSR count). The van der Waals surface area contributed by atoms with Crippen molar-refractivity contribution in [1.29, 1.82) is 0 Å². The Balaban J connectivity index is 1.75. The van der Waals surface area contributed by atoms with Crippen molar-refractivity contribution in [3.8, 4) is 0 Å². The van der Waals surface area contributed by atoms with Crippen LogP contribution in [0.4, 0.5) is 0 Å². The lowest BCUT2D eigenvalue weighted by atomic mass is 9.82. The number of rotatable bonds is 2. The van der Waals surface area contributed by atoms with E-state index in [-0.39, 0.29) is 23.2 Å². The van der Waals surface area contributed by atoms with Gasteiger partial charge in [-0.05, 0) is 34.1 Å². The van der Waals surface area contributed by atoms with E-state index in [0.717, 1.165) is 11.9 Å². The van der Waals surface area contributed by atoms with Crippen LogP contribution in [0.25, 0.3) is 0 Å². The molecule has 1 N–H and O–H groups in total. The highest BCUT2D eigenvalue weighted by molar-refractivity contribution is 6.62. The molecule has 21 heavy (non-hydrogen) atoms. The van der Waals surface area contributed by atoms with Gasteiger partial charge in [-0.2, -0.15) is 5.10 Å². The van der Waals surface area contributed by atoms with E-state index in [0.29, 0.717) is 13.0 Å². The number of carbonyl (C=O) groups excluding carboxylic acids is 1. The summed E-state index contributed by atoms with van der Waals surface area (Å²) in [5.74, 6) is 0.0823. The number of piperidine rings is 1. The van der Waals surface area contributed by atoms with E-state index < -0.39 is 7.12 Å². The highest BCUT2D eigenvalue weighted by Gasteiger charge is 2.52. The number of nitrogens with one attached hydrogen (secondary N) is 1. The van der Waals surface area contributed by atoms with Crippen molar-refractivity contribution >= 4 is 18.5 Å². The molecule has 0 spiro atoms. The summed E-state index contributed by atoms with van der Waals surface area (Å²) in [7, 11) is -0.402. The Labute approximate surface area is 125 Å². The second-order valence-electron chi connectivity index (χ2n) is 6.84. The maximum atomic E-state index is 11.5. The molecular formula is C14H22BN3O3. The molecule has 114 valence electrons. The molecule has 1 unspecified atom stereocenters. The highest BCUT2D eigenvalue weighted by Crippen LogP contribution is 2.36. The second kappa shape index (κ2) is 4.85. The first-order valence-corrected chi connectivity index (χ1v) is 7.45. The lowest BCUT2D eigenvalue weighted by molar-refractivity contribution is -0.123. The van der Waals surface area contributed by atoms with Crippen molar-refractivity contribution in [2.75, 3.05) is 6.54 Å². The number of hydrogen-bond acceptors (Lipinski definition) is 4. The molecule has 1 atom stereocenters. The zero-order valence-corrected chi connectivity index (χ0v) is 13.0. The van der Waals surface area contributed by atoms with Gasteiger partial charge in [-0.1, -0.05) is 0 Å². The first kappa shape index (κ1) is 14.6. The third-order valence-electron chi connectivity index (χ3n) is 4.74. The van der Waals surface area contributed by atoms with Crippen LogP contribution in [0.5, 0.6) is 0 Å². The molecular weight excluding hydrogens is 269 g/mol. The molecule has 0 bridgehead atoms. The zero-order valence-electron chi connectivity index (χ0n) is 13.0.